The van der Waals surface area contributed by atoms with Gasteiger partial charge in [-0.15, -0.1) is 11.3 Å². The largest absolute Gasteiger partial charge is 0.309 e. The number of para-hydroxylation sites is 1. The van der Waals surface area contributed by atoms with E-state index in [1.165, 1.54) is 41.7 Å². The van der Waals surface area contributed by atoms with Crippen LogP contribution in [0.2, 0.25) is 0 Å². The maximum Gasteiger partial charge on any atom is 0.171 e. The van der Waals surface area contributed by atoms with Gasteiger partial charge in [-0.25, -0.2) is 4.98 Å². The molecule has 0 spiro atoms. The second-order valence-electron chi connectivity index (χ2n) is 13.0. The molecule has 51 heavy (non-hydrogen) atoms. The summed E-state index contributed by atoms with van der Waals surface area (Å²) in [7, 11) is -3.09. The fourth-order valence-corrected chi connectivity index (χ4v) is 11.6. The summed E-state index contributed by atoms with van der Waals surface area (Å²) in [6.07, 6.45) is 0. The minimum Gasteiger partial charge on any atom is -0.309 e. The molecule has 2 aromatic heterocycles. The SMILES string of the molecule is O=P(c1ccccc1)(c1ccccc1)c1ccc(-c2cccc3c2nc(-c2cc4ccccc4c4ccccc24)c2sc4ccccc4c23)cc1. The second-order valence-corrected chi connectivity index (χ2v) is 16.8. The lowest BCUT2D eigenvalue weighted by atomic mass is 9.93. The average Bonchev–Trinajstić information content (AvgIpc) is 3.61. The van der Waals surface area contributed by atoms with Crippen LogP contribution in [0, 0.1) is 0 Å². The van der Waals surface area contributed by atoms with Gasteiger partial charge in [0.25, 0.3) is 0 Å². The highest BCUT2D eigenvalue weighted by atomic mass is 32.1. The molecule has 10 rings (SSSR count). The number of aromatic nitrogens is 1. The highest BCUT2D eigenvalue weighted by molar-refractivity contribution is 7.85. The molecule has 0 N–H and O–H groups in total. The number of thiophene rings is 1. The van der Waals surface area contributed by atoms with Crippen molar-refractivity contribution in [3.63, 3.8) is 0 Å². The molecule has 0 aliphatic rings. The molecule has 0 aliphatic carbocycles. The molecule has 2 heterocycles. The summed E-state index contributed by atoms with van der Waals surface area (Å²) in [5.74, 6) is 0. The van der Waals surface area contributed by atoms with Gasteiger partial charge < -0.3 is 4.57 Å². The molecule has 0 unspecified atom stereocenters. The maximum atomic E-state index is 15.1. The van der Waals surface area contributed by atoms with Crippen LogP contribution in [-0.4, -0.2) is 4.98 Å². The van der Waals surface area contributed by atoms with E-state index in [0.717, 1.165) is 49.2 Å². The third-order valence-corrected chi connectivity index (χ3v) is 14.4. The van der Waals surface area contributed by atoms with Crippen LogP contribution in [0.1, 0.15) is 0 Å². The molecule has 8 aromatic carbocycles. The van der Waals surface area contributed by atoms with Crippen molar-refractivity contribution in [2.45, 2.75) is 0 Å². The number of benzene rings is 8. The zero-order valence-corrected chi connectivity index (χ0v) is 29.2. The van der Waals surface area contributed by atoms with Crippen LogP contribution in [0.3, 0.4) is 0 Å². The Labute approximate surface area is 299 Å². The lowest BCUT2D eigenvalue weighted by Gasteiger charge is -2.20. The summed E-state index contributed by atoms with van der Waals surface area (Å²) in [5.41, 5.74) is 5.19. The van der Waals surface area contributed by atoms with Crippen LogP contribution in [0.4, 0.5) is 0 Å². The third-order valence-electron chi connectivity index (χ3n) is 10.1. The van der Waals surface area contributed by atoms with Gasteiger partial charge in [-0.1, -0.05) is 170 Å². The molecular weight excluding hydrogens is 658 g/mol. The molecule has 0 atom stereocenters. The smallest absolute Gasteiger partial charge is 0.171 e. The minimum atomic E-state index is -3.09. The van der Waals surface area contributed by atoms with Gasteiger partial charge in [0, 0.05) is 47.9 Å². The fourth-order valence-electron chi connectivity index (χ4n) is 7.75. The first-order chi connectivity index (χ1) is 25.2. The Hall–Kier alpha value is -5.86. The number of hydrogen-bond acceptors (Lipinski definition) is 3. The molecule has 0 radical (unpaired) electrons. The molecule has 0 bridgehead atoms. The summed E-state index contributed by atoms with van der Waals surface area (Å²) in [4.78, 5) is 5.62. The van der Waals surface area contributed by atoms with Gasteiger partial charge in [0.15, 0.2) is 7.14 Å². The van der Waals surface area contributed by atoms with Gasteiger partial charge in [0.05, 0.1) is 15.9 Å². The molecule has 0 fully saturated rings. The average molecular weight is 688 g/mol. The van der Waals surface area contributed by atoms with Gasteiger partial charge >= 0.3 is 0 Å². The van der Waals surface area contributed by atoms with Crippen LogP contribution in [0.15, 0.2) is 182 Å². The van der Waals surface area contributed by atoms with Gasteiger partial charge in [-0.05, 0) is 39.2 Å². The van der Waals surface area contributed by atoms with E-state index in [0.29, 0.717) is 0 Å². The van der Waals surface area contributed by atoms with E-state index >= 15 is 4.57 Å². The minimum absolute atomic E-state index is 0.811. The first-order valence-corrected chi connectivity index (χ1v) is 19.7. The van der Waals surface area contributed by atoms with Gasteiger partial charge in [-0.3, -0.25) is 0 Å². The molecule has 0 saturated heterocycles. The van der Waals surface area contributed by atoms with E-state index in [1.807, 2.05) is 84.1 Å². The van der Waals surface area contributed by atoms with Crippen molar-refractivity contribution in [2.24, 2.45) is 0 Å². The van der Waals surface area contributed by atoms with Crippen molar-refractivity contribution in [3.05, 3.63) is 182 Å². The summed E-state index contributed by atoms with van der Waals surface area (Å²) in [6.45, 7) is 0. The number of pyridine rings is 1. The summed E-state index contributed by atoms with van der Waals surface area (Å²) in [6, 6.07) is 62.9. The zero-order valence-electron chi connectivity index (χ0n) is 27.5. The summed E-state index contributed by atoms with van der Waals surface area (Å²) < 4.78 is 17.6. The first-order valence-electron chi connectivity index (χ1n) is 17.2. The van der Waals surface area contributed by atoms with E-state index in [1.54, 1.807) is 0 Å². The summed E-state index contributed by atoms with van der Waals surface area (Å²) in [5, 5.41) is 11.0. The van der Waals surface area contributed by atoms with Gasteiger partial charge in [-0.2, -0.15) is 0 Å². The molecule has 0 amide bonds. The van der Waals surface area contributed by atoms with E-state index in [9.17, 15) is 0 Å². The number of rotatable bonds is 5. The number of hydrogen-bond donors (Lipinski definition) is 0. The quantitative estimate of drug-likeness (QED) is 0.133. The number of fused-ring (bicyclic) bond motifs is 8. The highest BCUT2D eigenvalue weighted by Gasteiger charge is 2.29. The Bertz CT molecular complexity index is 2940. The Morgan fingerprint density at radius 3 is 1.75 bits per heavy atom. The van der Waals surface area contributed by atoms with Crippen LogP contribution in [-0.2, 0) is 4.57 Å². The lowest BCUT2D eigenvalue weighted by molar-refractivity contribution is 0.592. The Kier molecular flexibility index (Phi) is 6.99. The maximum absolute atomic E-state index is 15.1. The molecule has 240 valence electrons. The highest BCUT2D eigenvalue weighted by Crippen LogP contribution is 2.47. The van der Waals surface area contributed by atoms with Crippen molar-refractivity contribution in [1.29, 1.82) is 0 Å². The van der Waals surface area contributed by atoms with Gasteiger partial charge in [0.1, 0.15) is 0 Å². The fraction of sp³-hybridized carbons (Fsp3) is 0. The Morgan fingerprint density at radius 2 is 1.02 bits per heavy atom. The predicted molar refractivity (Wildman–Crippen MR) is 220 cm³/mol. The third kappa shape index (κ3) is 4.70. The molecular formula is C47H30NOPS. The molecule has 0 aliphatic heterocycles. The van der Waals surface area contributed by atoms with Crippen LogP contribution < -0.4 is 15.9 Å². The zero-order chi connectivity index (χ0) is 33.9. The van der Waals surface area contributed by atoms with E-state index in [4.69, 9.17) is 4.98 Å². The predicted octanol–water partition coefficient (Wildman–Crippen LogP) is 11.9. The molecule has 2 nitrogen and oxygen atoms in total. The monoisotopic (exact) mass is 687 g/mol. The Balaban J connectivity index is 1.23. The summed E-state index contributed by atoms with van der Waals surface area (Å²) >= 11 is 1.82. The molecule has 0 saturated carbocycles. The van der Waals surface area contributed by atoms with Crippen molar-refractivity contribution >= 4 is 87.0 Å². The Morgan fingerprint density at radius 1 is 0.451 bits per heavy atom. The molecule has 10 aromatic rings. The topological polar surface area (TPSA) is 30.0 Å². The van der Waals surface area contributed by atoms with Crippen LogP contribution in [0.5, 0.6) is 0 Å². The second kappa shape index (κ2) is 11.9. The first kappa shape index (κ1) is 30.0. The molecule has 4 heteroatoms. The van der Waals surface area contributed by atoms with Crippen LogP contribution >= 0.6 is 18.5 Å². The van der Waals surface area contributed by atoms with Gasteiger partial charge in [0.2, 0.25) is 0 Å². The van der Waals surface area contributed by atoms with Crippen LogP contribution in [0.25, 0.3) is 75.0 Å². The van der Waals surface area contributed by atoms with Crippen molar-refractivity contribution in [2.75, 3.05) is 0 Å². The lowest BCUT2D eigenvalue weighted by Crippen LogP contribution is -2.24. The normalized spacial score (nSPS) is 12.0. The number of nitrogens with zero attached hydrogens (tertiary/aromatic N) is 1. The van der Waals surface area contributed by atoms with Crippen molar-refractivity contribution in [1.82, 2.24) is 4.98 Å². The standard InChI is InChI=1S/C47H30NOPS/c49-50(33-15-3-1-4-16-33,34-17-5-2-6-18-34)35-28-26-31(27-29-35)37-23-13-24-41-44-40-22-11-12-25-43(40)51-47(44)46(48-45(37)41)42-30-32-14-7-8-19-36(32)38-20-9-10-21-39(38)42/h1-30H. The van der Waals surface area contributed by atoms with Crippen molar-refractivity contribution < 1.29 is 4.57 Å². The van der Waals surface area contributed by atoms with E-state index in [-0.39, 0.29) is 0 Å². The van der Waals surface area contributed by atoms with Crippen molar-refractivity contribution in [3.8, 4) is 22.4 Å². The van der Waals surface area contributed by atoms with E-state index < -0.39 is 7.14 Å². The van der Waals surface area contributed by atoms with E-state index in [2.05, 4.69) is 109 Å².